The van der Waals surface area contributed by atoms with E-state index in [1.165, 1.54) is 6.07 Å². The van der Waals surface area contributed by atoms with Crippen LogP contribution in [0.4, 0.5) is 11.4 Å². The molecule has 0 bridgehead atoms. The van der Waals surface area contributed by atoms with Gasteiger partial charge < -0.3 is 5.32 Å². The number of halogens is 3. The first-order chi connectivity index (χ1) is 9.90. The lowest BCUT2D eigenvalue weighted by Gasteiger charge is -2.11. The SMILES string of the molecule is Cc1cc(NCc2c(Cl)ccc(Cl)c2Cl)ccc1[N+](=O)[O-]. The summed E-state index contributed by atoms with van der Waals surface area (Å²) in [5.41, 5.74) is 2.08. The molecule has 0 fully saturated rings. The Morgan fingerprint density at radius 1 is 1.14 bits per heavy atom. The second-order valence-electron chi connectivity index (χ2n) is 4.43. The van der Waals surface area contributed by atoms with Crippen molar-refractivity contribution in [1.82, 2.24) is 0 Å². The summed E-state index contributed by atoms with van der Waals surface area (Å²) >= 11 is 18.2. The molecule has 0 aliphatic carbocycles. The van der Waals surface area contributed by atoms with Crippen molar-refractivity contribution in [3.8, 4) is 0 Å². The maximum Gasteiger partial charge on any atom is 0.272 e. The predicted molar refractivity (Wildman–Crippen MR) is 86.6 cm³/mol. The molecular weight excluding hydrogens is 335 g/mol. The van der Waals surface area contributed by atoms with Crippen LogP contribution in [-0.2, 0) is 6.54 Å². The largest absolute Gasteiger partial charge is 0.381 e. The van der Waals surface area contributed by atoms with Crippen molar-refractivity contribution in [2.75, 3.05) is 5.32 Å². The number of nitrogens with one attached hydrogen (secondary N) is 1. The number of anilines is 1. The molecule has 21 heavy (non-hydrogen) atoms. The molecule has 0 atom stereocenters. The van der Waals surface area contributed by atoms with Gasteiger partial charge in [0.05, 0.1) is 15.0 Å². The van der Waals surface area contributed by atoms with Gasteiger partial charge in [-0.15, -0.1) is 0 Å². The molecule has 1 N–H and O–H groups in total. The molecule has 0 amide bonds. The van der Waals surface area contributed by atoms with E-state index in [1.54, 1.807) is 31.2 Å². The van der Waals surface area contributed by atoms with E-state index >= 15 is 0 Å². The monoisotopic (exact) mass is 344 g/mol. The fourth-order valence-electron chi connectivity index (χ4n) is 1.89. The van der Waals surface area contributed by atoms with E-state index in [2.05, 4.69) is 5.32 Å². The average Bonchev–Trinajstić information content (AvgIpc) is 2.43. The molecule has 0 saturated heterocycles. The van der Waals surface area contributed by atoms with Crippen molar-refractivity contribution in [2.24, 2.45) is 0 Å². The Morgan fingerprint density at radius 3 is 2.43 bits per heavy atom. The van der Waals surface area contributed by atoms with Crippen molar-refractivity contribution in [3.05, 3.63) is 66.6 Å². The van der Waals surface area contributed by atoms with Gasteiger partial charge in [-0.25, -0.2) is 0 Å². The van der Waals surface area contributed by atoms with Gasteiger partial charge in [0, 0.05) is 34.4 Å². The topological polar surface area (TPSA) is 55.2 Å². The van der Waals surface area contributed by atoms with E-state index in [4.69, 9.17) is 34.8 Å². The Balaban J connectivity index is 2.19. The van der Waals surface area contributed by atoms with E-state index in [1.807, 2.05) is 0 Å². The molecule has 110 valence electrons. The molecule has 0 saturated carbocycles. The first kappa shape index (κ1) is 15.9. The highest BCUT2D eigenvalue weighted by Gasteiger charge is 2.12. The van der Waals surface area contributed by atoms with Crippen molar-refractivity contribution in [1.29, 1.82) is 0 Å². The Hall–Kier alpha value is -1.49. The molecule has 0 radical (unpaired) electrons. The molecule has 0 heterocycles. The van der Waals surface area contributed by atoms with E-state index in [0.717, 1.165) is 5.69 Å². The number of rotatable bonds is 4. The number of benzene rings is 2. The Labute approximate surface area is 136 Å². The molecule has 0 aliphatic rings. The zero-order valence-corrected chi connectivity index (χ0v) is 13.3. The number of hydrogen-bond acceptors (Lipinski definition) is 3. The van der Waals surface area contributed by atoms with E-state index in [0.29, 0.717) is 32.7 Å². The van der Waals surface area contributed by atoms with Gasteiger partial charge in [0.2, 0.25) is 0 Å². The first-order valence-corrected chi connectivity index (χ1v) is 7.15. The summed E-state index contributed by atoms with van der Waals surface area (Å²) in [6.45, 7) is 2.05. The van der Waals surface area contributed by atoms with Crippen LogP contribution in [0, 0.1) is 17.0 Å². The molecule has 2 aromatic carbocycles. The Morgan fingerprint density at radius 2 is 1.81 bits per heavy atom. The molecule has 4 nitrogen and oxygen atoms in total. The van der Waals surface area contributed by atoms with Crippen LogP contribution >= 0.6 is 34.8 Å². The molecule has 7 heteroatoms. The fraction of sp³-hybridized carbons (Fsp3) is 0.143. The normalized spacial score (nSPS) is 10.5. The summed E-state index contributed by atoms with van der Waals surface area (Å²) in [6, 6.07) is 8.10. The van der Waals surface area contributed by atoms with Crippen molar-refractivity contribution < 1.29 is 4.92 Å². The summed E-state index contributed by atoms with van der Waals surface area (Å²) in [6.07, 6.45) is 0. The van der Waals surface area contributed by atoms with Crippen LogP contribution in [0.1, 0.15) is 11.1 Å². The van der Waals surface area contributed by atoms with Crippen molar-refractivity contribution in [3.63, 3.8) is 0 Å². The van der Waals surface area contributed by atoms with Gasteiger partial charge in [-0.2, -0.15) is 0 Å². The van der Waals surface area contributed by atoms with E-state index in [-0.39, 0.29) is 5.69 Å². The second-order valence-corrected chi connectivity index (χ2v) is 5.63. The van der Waals surface area contributed by atoms with Crippen LogP contribution in [0.3, 0.4) is 0 Å². The predicted octanol–water partition coefficient (Wildman–Crippen LogP) is 5.48. The number of nitro benzene ring substituents is 1. The minimum absolute atomic E-state index is 0.0828. The van der Waals surface area contributed by atoms with Gasteiger partial charge in [-0.1, -0.05) is 34.8 Å². The van der Waals surface area contributed by atoms with Gasteiger partial charge in [-0.05, 0) is 31.2 Å². The van der Waals surface area contributed by atoms with Gasteiger partial charge >= 0.3 is 0 Å². The highest BCUT2D eigenvalue weighted by Crippen LogP contribution is 2.32. The van der Waals surface area contributed by atoms with Crippen LogP contribution in [0.25, 0.3) is 0 Å². The Bertz CT molecular complexity index is 705. The molecule has 0 aromatic heterocycles. The molecule has 2 aromatic rings. The lowest BCUT2D eigenvalue weighted by Crippen LogP contribution is -2.02. The summed E-state index contributed by atoms with van der Waals surface area (Å²) in [7, 11) is 0. The smallest absolute Gasteiger partial charge is 0.272 e. The third-order valence-electron chi connectivity index (χ3n) is 3.00. The van der Waals surface area contributed by atoms with Gasteiger partial charge in [0.15, 0.2) is 0 Å². The molecule has 0 spiro atoms. The summed E-state index contributed by atoms with van der Waals surface area (Å²) < 4.78 is 0. The summed E-state index contributed by atoms with van der Waals surface area (Å²) in [5.74, 6) is 0. The summed E-state index contributed by atoms with van der Waals surface area (Å²) in [5, 5.41) is 15.2. The third kappa shape index (κ3) is 3.59. The fourth-order valence-corrected chi connectivity index (χ4v) is 2.57. The van der Waals surface area contributed by atoms with Gasteiger partial charge in [-0.3, -0.25) is 10.1 Å². The zero-order valence-electron chi connectivity index (χ0n) is 11.0. The Kier molecular flexibility index (Phi) is 4.93. The third-order valence-corrected chi connectivity index (χ3v) is 4.20. The number of nitro groups is 1. The van der Waals surface area contributed by atoms with Crippen molar-refractivity contribution in [2.45, 2.75) is 13.5 Å². The van der Waals surface area contributed by atoms with Crippen molar-refractivity contribution >= 4 is 46.2 Å². The van der Waals surface area contributed by atoms with Gasteiger partial charge in [0.25, 0.3) is 5.69 Å². The standard InChI is InChI=1S/C14H11Cl3N2O2/c1-8-6-9(2-5-13(8)19(20)21)18-7-10-11(15)3-4-12(16)14(10)17/h2-6,18H,7H2,1H3. The second kappa shape index (κ2) is 6.52. The molecule has 2 rings (SSSR count). The minimum Gasteiger partial charge on any atom is -0.381 e. The van der Waals surface area contributed by atoms with Crippen LogP contribution in [0.15, 0.2) is 30.3 Å². The lowest BCUT2D eigenvalue weighted by atomic mass is 10.1. The highest BCUT2D eigenvalue weighted by molar-refractivity contribution is 6.44. The van der Waals surface area contributed by atoms with E-state index < -0.39 is 4.92 Å². The minimum atomic E-state index is -0.413. The average molecular weight is 346 g/mol. The van der Waals surface area contributed by atoms with Crippen LogP contribution in [0.5, 0.6) is 0 Å². The van der Waals surface area contributed by atoms with Gasteiger partial charge in [0.1, 0.15) is 0 Å². The lowest BCUT2D eigenvalue weighted by molar-refractivity contribution is -0.385. The number of aryl methyl sites for hydroxylation is 1. The van der Waals surface area contributed by atoms with Crippen LogP contribution in [0.2, 0.25) is 15.1 Å². The van der Waals surface area contributed by atoms with Crippen LogP contribution < -0.4 is 5.32 Å². The first-order valence-electron chi connectivity index (χ1n) is 6.01. The molecule has 0 aliphatic heterocycles. The van der Waals surface area contributed by atoms with Crippen LogP contribution in [-0.4, -0.2) is 4.92 Å². The number of hydrogen-bond donors (Lipinski definition) is 1. The van der Waals surface area contributed by atoms with E-state index in [9.17, 15) is 10.1 Å². The highest BCUT2D eigenvalue weighted by atomic mass is 35.5. The summed E-state index contributed by atoms with van der Waals surface area (Å²) in [4.78, 5) is 10.4. The molecule has 0 unspecified atom stereocenters. The molecular formula is C14H11Cl3N2O2. The number of nitrogens with zero attached hydrogens (tertiary/aromatic N) is 1. The zero-order chi connectivity index (χ0) is 15.6. The maximum absolute atomic E-state index is 10.8. The quantitative estimate of drug-likeness (QED) is 0.454. The maximum atomic E-state index is 10.8.